The van der Waals surface area contributed by atoms with Crippen LogP contribution in [-0.2, 0) is 0 Å². The molecule has 37 heavy (non-hydrogen) atoms. The Bertz CT molecular complexity index is 1380. The number of rotatable bonds is 7. The second-order valence-corrected chi connectivity index (χ2v) is 9.40. The van der Waals surface area contributed by atoms with Crippen LogP contribution in [0.25, 0.3) is 11.3 Å². The maximum atomic E-state index is 13.3. The molecule has 0 atom stereocenters. The average molecular weight is 494 g/mol. The molecule has 1 saturated carbocycles. The minimum absolute atomic E-state index is 0.195. The van der Waals surface area contributed by atoms with Crippen LogP contribution < -0.4 is 15.4 Å². The molecule has 0 aliphatic heterocycles. The Morgan fingerprint density at radius 3 is 2.59 bits per heavy atom. The van der Waals surface area contributed by atoms with Crippen molar-refractivity contribution in [3.05, 3.63) is 90.0 Å². The van der Waals surface area contributed by atoms with Crippen LogP contribution in [0.1, 0.15) is 59.5 Å². The summed E-state index contributed by atoms with van der Waals surface area (Å²) < 4.78 is 5.56. The number of amides is 1. The quantitative estimate of drug-likeness (QED) is 0.291. The van der Waals surface area contributed by atoms with E-state index in [-0.39, 0.29) is 5.91 Å². The molecule has 1 amide bonds. The SMILES string of the molecule is COc1ccc(C2CCCCC2)cc1NC(=O)c1ccc(C)c(Nc2ncccc2-c2ccncn2)c1. The first kappa shape index (κ1) is 24.4. The highest BCUT2D eigenvalue weighted by molar-refractivity contribution is 6.05. The van der Waals surface area contributed by atoms with Crippen molar-refractivity contribution in [2.45, 2.75) is 44.9 Å². The Hall–Kier alpha value is -4.26. The molecule has 7 heteroatoms. The number of carbonyl (C=O) groups is 1. The van der Waals surface area contributed by atoms with Gasteiger partial charge < -0.3 is 15.4 Å². The van der Waals surface area contributed by atoms with Gasteiger partial charge in [-0.05, 0) is 79.3 Å². The molecule has 0 saturated heterocycles. The predicted octanol–water partition coefficient (Wildman–Crippen LogP) is 6.90. The van der Waals surface area contributed by atoms with Gasteiger partial charge in [-0.3, -0.25) is 4.79 Å². The number of aromatic nitrogens is 3. The molecule has 7 nitrogen and oxygen atoms in total. The van der Waals surface area contributed by atoms with Gasteiger partial charge in [0, 0.05) is 29.2 Å². The topological polar surface area (TPSA) is 89.0 Å². The highest BCUT2D eigenvalue weighted by atomic mass is 16.5. The zero-order valence-electron chi connectivity index (χ0n) is 21.2. The van der Waals surface area contributed by atoms with Crippen LogP contribution in [0.3, 0.4) is 0 Å². The minimum Gasteiger partial charge on any atom is -0.495 e. The van der Waals surface area contributed by atoms with Gasteiger partial charge in [-0.1, -0.05) is 31.4 Å². The van der Waals surface area contributed by atoms with E-state index in [1.807, 2.05) is 49.4 Å². The highest BCUT2D eigenvalue weighted by Crippen LogP contribution is 2.36. The number of ether oxygens (including phenoxy) is 1. The van der Waals surface area contributed by atoms with E-state index in [1.54, 1.807) is 19.5 Å². The first-order valence-corrected chi connectivity index (χ1v) is 12.7. The van der Waals surface area contributed by atoms with Crippen molar-refractivity contribution in [2.24, 2.45) is 0 Å². The molecule has 1 fully saturated rings. The molecule has 5 rings (SSSR count). The summed E-state index contributed by atoms with van der Waals surface area (Å²) in [6, 6.07) is 17.4. The number of benzene rings is 2. The van der Waals surface area contributed by atoms with Crippen LogP contribution in [0.2, 0.25) is 0 Å². The number of nitrogens with zero attached hydrogens (tertiary/aromatic N) is 3. The second-order valence-electron chi connectivity index (χ2n) is 9.40. The lowest BCUT2D eigenvalue weighted by Gasteiger charge is -2.23. The Morgan fingerprint density at radius 2 is 1.81 bits per heavy atom. The van der Waals surface area contributed by atoms with Crippen molar-refractivity contribution < 1.29 is 9.53 Å². The van der Waals surface area contributed by atoms with Crippen LogP contribution in [0.4, 0.5) is 17.2 Å². The summed E-state index contributed by atoms with van der Waals surface area (Å²) >= 11 is 0. The molecule has 0 unspecified atom stereocenters. The molecule has 1 aliphatic rings. The summed E-state index contributed by atoms with van der Waals surface area (Å²) in [5.41, 5.74) is 5.90. The van der Waals surface area contributed by atoms with E-state index in [2.05, 4.69) is 37.7 Å². The van der Waals surface area contributed by atoms with Gasteiger partial charge in [0.15, 0.2) is 0 Å². The van der Waals surface area contributed by atoms with Crippen molar-refractivity contribution in [1.82, 2.24) is 15.0 Å². The number of aryl methyl sites for hydroxylation is 1. The molecule has 2 aromatic heterocycles. The van der Waals surface area contributed by atoms with Crippen LogP contribution >= 0.6 is 0 Å². The van der Waals surface area contributed by atoms with Gasteiger partial charge in [-0.15, -0.1) is 0 Å². The van der Waals surface area contributed by atoms with Crippen LogP contribution in [0, 0.1) is 6.92 Å². The smallest absolute Gasteiger partial charge is 0.255 e. The van der Waals surface area contributed by atoms with Crippen molar-refractivity contribution in [3.63, 3.8) is 0 Å². The van der Waals surface area contributed by atoms with Crippen LogP contribution in [0.15, 0.2) is 73.3 Å². The van der Waals surface area contributed by atoms with E-state index in [0.717, 1.165) is 22.5 Å². The molecule has 2 heterocycles. The zero-order chi connectivity index (χ0) is 25.6. The van der Waals surface area contributed by atoms with Gasteiger partial charge in [-0.2, -0.15) is 0 Å². The monoisotopic (exact) mass is 493 g/mol. The van der Waals surface area contributed by atoms with E-state index in [0.29, 0.717) is 28.7 Å². The van der Waals surface area contributed by atoms with Crippen molar-refractivity contribution in [2.75, 3.05) is 17.7 Å². The maximum absolute atomic E-state index is 13.3. The van der Waals surface area contributed by atoms with Crippen molar-refractivity contribution in [1.29, 1.82) is 0 Å². The summed E-state index contributed by atoms with van der Waals surface area (Å²) in [7, 11) is 1.63. The van der Waals surface area contributed by atoms with Gasteiger partial charge in [-0.25, -0.2) is 15.0 Å². The zero-order valence-corrected chi connectivity index (χ0v) is 21.2. The normalized spacial score (nSPS) is 13.7. The number of nitrogens with one attached hydrogen (secondary N) is 2. The van der Waals surface area contributed by atoms with Gasteiger partial charge in [0.05, 0.1) is 18.5 Å². The Morgan fingerprint density at radius 1 is 0.946 bits per heavy atom. The summed E-state index contributed by atoms with van der Waals surface area (Å²) in [6.45, 7) is 1.99. The molecule has 188 valence electrons. The fourth-order valence-corrected chi connectivity index (χ4v) is 4.89. The molecule has 2 aromatic carbocycles. The number of hydrogen-bond acceptors (Lipinski definition) is 6. The Kier molecular flexibility index (Phi) is 7.40. The second kappa shape index (κ2) is 11.2. The Balaban J connectivity index is 1.39. The molecule has 0 radical (unpaired) electrons. The van der Waals surface area contributed by atoms with E-state index < -0.39 is 0 Å². The molecular weight excluding hydrogens is 462 g/mol. The molecule has 4 aromatic rings. The van der Waals surface area contributed by atoms with Crippen molar-refractivity contribution in [3.8, 4) is 17.0 Å². The predicted molar refractivity (Wildman–Crippen MR) is 146 cm³/mol. The third-order valence-electron chi connectivity index (χ3n) is 6.97. The lowest BCUT2D eigenvalue weighted by molar-refractivity contribution is 0.102. The first-order valence-electron chi connectivity index (χ1n) is 12.7. The van der Waals surface area contributed by atoms with Gasteiger partial charge in [0.1, 0.15) is 17.9 Å². The number of pyridine rings is 1. The molecule has 2 N–H and O–H groups in total. The van der Waals surface area contributed by atoms with E-state index in [1.165, 1.54) is 44.0 Å². The molecule has 1 aliphatic carbocycles. The molecular formula is C30H31N5O2. The fourth-order valence-electron chi connectivity index (χ4n) is 4.89. The van der Waals surface area contributed by atoms with Crippen molar-refractivity contribution >= 4 is 23.1 Å². The number of methoxy groups -OCH3 is 1. The summed E-state index contributed by atoms with van der Waals surface area (Å²) in [6.07, 6.45) is 11.1. The Labute approximate surface area is 217 Å². The molecule has 0 bridgehead atoms. The maximum Gasteiger partial charge on any atom is 0.255 e. The van der Waals surface area contributed by atoms with Gasteiger partial charge in [0.25, 0.3) is 5.91 Å². The lowest BCUT2D eigenvalue weighted by Crippen LogP contribution is -2.14. The van der Waals surface area contributed by atoms with Crippen LogP contribution in [0.5, 0.6) is 5.75 Å². The van der Waals surface area contributed by atoms with Crippen LogP contribution in [-0.4, -0.2) is 28.0 Å². The first-order chi connectivity index (χ1) is 18.1. The third-order valence-corrected chi connectivity index (χ3v) is 6.97. The third kappa shape index (κ3) is 5.61. The average Bonchev–Trinajstić information content (AvgIpc) is 2.95. The van der Waals surface area contributed by atoms with E-state index in [4.69, 9.17) is 4.74 Å². The fraction of sp³-hybridized carbons (Fsp3) is 0.267. The summed E-state index contributed by atoms with van der Waals surface area (Å²) in [5.74, 6) is 1.65. The standard InChI is InChI=1S/C30H31N5O2/c1-20-10-11-23(18-26(20)34-29-24(9-6-15-32-29)25-14-16-31-19-33-25)30(36)35-27-17-22(12-13-28(27)37-2)21-7-4-3-5-8-21/h6,9-19,21H,3-5,7-8H2,1-2H3,(H,32,34)(H,35,36). The highest BCUT2D eigenvalue weighted by Gasteiger charge is 2.19. The van der Waals surface area contributed by atoms with Gasteiger partial charge >= 0.3 is 0 Å². The largest absolute Gasteiger partial charge is 0.495 e. The number of carbonyl (C=O) groups excluding carboxylic acids is 1. The number of hydrogen-bond donors (Lipinski definition) is 2. The minimum atomic E-state index is -0.195. The summed E-state index contributed by atoms with van der Waals surface area (Å²) in [5, 5.41) is 6.48. The molecule has 0 spiro atoms. The summed E-state index contributed by atoms with van der Waals surface area (Å²) in [4.78, 5) is 26.2. The van der Waals surface area contributed by atoms with Gasteiger partial charge in [0.2, 0.25) is 0 Å². The lowest BCUT2D eigenvalue weighted by atomic mass is 9.84. The van der Waals surface area contributed by atoms with E-state index >= 15 is 0 Å². The number of anilines is 3. The van der Waals surface area contributed by atoms with E-state index in [9.17, 15) is 4.79 Å².